The monoisotopic (exact) mass is 275 g/mol. The van der Waals surface area contributed by atoms with E-state index in [1.807, 2.05) is 0 Å². The molecule has 2 heterocycles. The van der Waals surface area contributed by atoms with Crippen molar-refractivity contribution < 1.29 is 14.7 Å². The molecule has 0 unspecified atom stereocenters. The molecule has 106 valence electrons. The van der Waals surface area contributed by atoms with Crippen LogP contribution < -0.4 is 10.6 Å². The summed E-state index contributed by atoms with van der Waals surface area (Å²) >= 11 is 0. The van der Waals surface area contributed by atoms with Gasteiger partial charge in [-0.2, -0.15) is 0 Å². The fourth-order valence-corrected chi connectivity index (χ4v) is 2.75. The first kappa shape index (κ1) is 13.1. The lowest BCUT2D eigenvalue weighted by Gasteiger charge is -2.26. The number of amides is 2. The van der Waals surface area contributed by atoms with E-state index in [1.54, 1.807) is 30.1 Å². The van der Waals surface area contributed by atoms with Crippen LogP contribution in [0.3, 0.4) is 0 Å². The van der Waals surface area contributed by atoms with Gasteiger partial charge >= 0.3 is 0 Å². The molecular formula is C14H17N3O3. The largest absolute Gasteiger partial charge is 0.390 e. The van der Waals surface area contributed by atoms with Gasteiger partial charge in [0, 0.05) is 31.4 Å². The molecule has 2 aliphatic rings. The molecule has 3 N–H and O–H groups in total. The number of aliphatic hydroxyl groups is 1. The van der Waals surface area contributed by atoms with Crippen molar-refractivity contribution in [2.45, 2.75) is 18.6 Å². The number of benzene rings is 1. The third-order valence-corrected chi connectivity index (χ3v) is 3.95. The number of likely N-dealkylation sites (N-methyl/N-ethyl adjacent to an activating group) is 1. The molecule has 1 saturated heterocycles. The van der Waals surface area contributed by atoms with Crippen LogP contribution in [0, 0.1) is 0 Å². The molecule has 2 amide bonds. The van der Waals surface area contributed by atoms with E-state index in [-0.39, 0.29) is 17.9 Å². The number of aliphatic hydroxyl groups excluding tert-OH is 1. The molecule has 2 aliphatic heterocycles. The van der Waals surface area contributed by atoms with Crippen LogP contribution in [0.1, 0.15) is 15.9 Å². The Bertz CT molecular complexity index is 573. The molecule has 3 rings (SSSR count). The van der Waals surface area contributed by atoms with E-state index in [0.717, 1.165) is 5.56 Å². The number of fused-ring (bicyclic) bond motifs is 1. The summed E-state index contributed by atoms with van der Waals surface area (Å²) in [6.45, 7) is 1.09. The Balaban J connectivity index is 1.81. The molecule has 1 fully saturated rings. The van der Waals surface area contributed by atoms with Gasteiger partial charge in [0.1, 0.15) is 0 Å². The molecule has 0 bridgehead atoms. The summed E-state index contributed by atoms with van der Waals surface area (Å²) in [5, 5.41) is 15.6. The standard InChI is InChI=1S/C14H17N3O3/c1-17(11-6-15-7-12(11)18)14(20)9-3-2-8-5-13(19)16-10(8)4-9/h2-4,11-12,15,18H,5-7H2,1H3,(H,16,19)/t11-,12-/m1/s1. The van der Waals surface area contributed by atoms with Crippen molar-refractivity contribution in [2.24, 2.45) is 0 Å². The van der Waals surface area contributed by atoms with Crippen molar-refractivity contribution in [3.63, 3.8) is 0 Å². The second-order valence-corrected chi connectivity index (χ2v) is 5.31. The lowest BCUT2D eigenvalue weighted by Crippen LogP contribution is -2.44. The quantitative estimate of drug-likeness (QED) is 0.685. The highest BCUT2D eigenvalue weighted by Crippen LogP contribution is 2.25. The Kier molecular flexibility index (Phi) is 3.19. The van der Waals surface area contributed by atoms with Gasteiger partial charge in [-0.05, 0) is 17.7 Å². The van der Waals surface area contributed by atoms with Gasteiger partial charge in [0.2, 0.25) is 5.91 Å². The summed E-state index contributed by atoms with van der Waals surface area (Å²) in [7, 11) is 1.69. The summed E-state index contributed by atoms with van der Waals surface area (Å²) in [5.74, 6) is -0.199. The minimum absolute atomic E-state index is 0.0478. The fourth-order valence-electron chi connectivity index (χ4n) is 2.75. The summed E-state index contributed by atoms with van der Waals surface area (Å²) < 4.78 is 0. The third-order valence-electron chi connectivity index (χ3n) is 3.95. The topological polar surface area (TPSA) is 81.7 Å². The number of anilines is 1. The molecular weight excluding hydrogens is 258 g/mol. The maximum atomic E-state index is 12.4. The zero-order valence-corrected chi connectivity index (χ0v) is 11.2. The first-order valence-electron chi connectivity index (χ1n) is 6.65. The molecule has 6 nitrogen and oxygen atoms in total. The van der Waals surface area contributed by atoms with Crippen molar-refractivity contribution in [1.29, 1.82) is 0 Å². The molecule has 0 aliphatic carbocycles. The SMILES string of the molecule is CN(C(=O)c1ccc2c(c1)NC(=O)C2)[C@@H]1CNC[C@H]1O. The highest BCUT2D eigenvalue weighted by molar-refractivity contribution is 6.02. The van der Waals surface area contributed by atoms with Crippen molar-refractivity contribution >= 4 is 17.5 Å². The van der Waals surface area contributed by atoms with E-state index in [9.17, 15) is 14.7 Å². The number of rotatable bonds is 2. The van der Waals surface area contributed by atoms with Crippen molar-refractivity contribution in [2.75, 3.05) is 25.5 Å². The third kappa shape index (κ3) is 2.17. The lowest BCUT2D eigenvalue weighted by atomic mass is 10.1. The zero-order chi connectivity index (χ0) is 14.3. The lowest BCUT2D eigenvalue weighted by molar-refractivity contribution is -0.115. The number of hydrogen-bond donors (Lipinski definition) is 3. The van der Waals surface area contributed by atoms with Crippen LogP contribution in [0.25, 0.3) is 0 Å². The minimum atomic E-state index is -0.543. The van der Waals surface area contributed by atoms with E-state index in [4.69, 9.17) is 0 Å². The number of nitrogens with one attached hydrogen (secondary N) is 2. The predicted octanol–water partition coefficient (Wildman–Crippen LogP) is -0.414. The molecule has 2 atom stereocenters. The number of nitrogens with zero attached hydrogens (tertiary/aromatic N) is 1. The zero-order valence-electron chi connectivity index (χ0n) is 11.2. The maximum absolute atomic E-state index is 12.4. The molecule has 20 heavy (non-hydrogen) atoms. The van der Waals surface area contributed by atoms with Crippen LogP contribution >= 0.6 is 0 Å². The Labute approximate surface area is 116 Å². The van der Waals surface area contributed by atoms with Gasteiger partial charge in [-0.3, -0.25) is 9.59 Å². The molecule has 6 heteroatoms. The number of hydrogen-bond acceptors (Lipinski definition) is 4. The highest BCUT2D eigenvalue weighted by Gasteiger charge is 2.32. The van der Waals surface area contributed by atoms with Crippen molar-refractivity contribution in [1.82, 2.24) is 10.2 Å². The number of carbonyl (C=O) groups excluding carboxylic acids is 2. The van der Waals surface area contributed by atoms with Crippen molar-refractivity contribution in [3.8, 4) is 0 Å². The second kappa shape index (κ2) is 4.88. The second-order valence-electron chi connectivity index (χ2n) is 5.31. The van der Waals surface area contributed by atoms with Crippen LogP contribution in [-0.4, -0.2) is 54.1 Å². The molecule has 0 saturated carbocycles. The molecule has 1 aromatic carbocycles. The molecule has 0 radical (unpaired) electrons. The van der Waals surface area contributed by atoms with Crippen LogP contribution in [0.5, 0.6) is 0 Å². The van der Waals surface area contributed by atoms with Crippen molar-refractivity contribution in [3.05, 3.63) is 29.3 Å². The Morgan fingerprint density at radius 2 is 2.20 bits per heavy atom. The number of β-amino-alcohol motifs (C(OH)–C–C–N with tert-alkyl or cyclic N) is 1. The average Bonchev–Trinajstić information content (AvgIpc) is 3.00. The van der Waals surface area contributed by atoms with Gasteiger partial charge in [-0.1, -0.05) is 6.07 Å². The van der Waals surface area contributed by atoms with Crippen LogP contribution in [0.4, 0.5) is 5.69 Å². The van der Waals surface area contributed by atoms with Crippen LogP contribution in [-0.2, 0) is 11.2 Å². The van der Waals surface area contributed by atoms with Gasteiger partial charge in [-0.25, -0.2) is 0 Å². The van der Waals surface area contributed by atoms with Gasteiger partial charge in [0.15, 0.2) is 0 Å². The molecule has 0 aromatic heterocycles. The number of carbonyl (C=O) groups is 2. The van der Waals surface area contributed by atoms with Gasteiger partial charge in [0.05, 0.1) is 18.6 Å². The first-order chi connectivity index (χ1) is 9.56. The summed E-state index contributed by atoms with van der Waals surface area (Å²) in [4.78, 5) is 25.3. The first-order valence-corrected chi connectivity index (χ1v) is 6.65. The molecule has 0 spiro atoms. The Morgan fingerprint density at radius 1 is 1.40 bits per heavy atom. The Hall–Kier alpha value is -1.92. The van der Waals surface area contributed by atoms with Gasteiger partial charge in [0.25, 0.3) is 5.91 Å². The van der Waals surface area contributed by atoms with Gasteiger partial charge in [-0.15, -0.1) is 0 Å². The normalized spacial score (nSPS) is 24.4. The van der Waals surface area contributed by atoms with Crippen LogP contribution in [0.2, 0.25) is 0 Å². The Morgan fingerprint density at radius 3 is 2.90 bits per heavy atom. The predicted molar refractivity (Wildman–Crippen MR) is 73.5 cm³/mol. The van der Waals surface area contributed by atoms with E-state index in [2.05, 4.69) is 10.6 Å². The highest BCUT2D eigenvalue weighted by atomic mass is 16.3. The van der Waals surface area contributed by atoms with E-state index < -0.39 is 6.10 Å². The van der Waals surface area contributed by atoms with Crippen LogP contribution in [0.15, 0.2) is 18.2 Å². The summed E-state index contributed by atoms with van der Waals surface area (Å²) in [5.41, 5.74) is 2.14. The maximum Gasteiger partial charge on any atom is 0.254 e. The van der Waals surface area contributed by atoms with Gasteiger partial charge < -0.3 is 20.6 Å². The van der Waals surface area contributed by atoms with E-state index in [0.29, 0.717) is 30.8 Å². The minimum Gasteiger partial charge on any atom is -0.390 e. The summed E-state index contributed by atoms with van der Waals surface area (Å²) in [6, 6.07) is 5.02. The summed E-state index contributed by atoms with van der Waals surface area (Å²) in [6.07, 6.45) is -0.177. The van der Waals surface area contributed by atoms with E-state index >= 15 is 0 Å². The average molecular weight is 275 g/mol. The molecule has 1 aromatic rings. The van der Waals surface area contributed by atoms with E-state index in [1.165, 1.54) is 0 Å². The fraction of sp³-hybridized carbons (Fsp3) is 0.429. The smallest absolute Gasteiger partial charge is 0.254 e.